The summed E-state index contributed by atoms with van der Waals surface area (Å²) >= 11 is 0. The second kappa shape index (κ2) is 5.50. The van der Waals surface area contributed by atoms with E-state index in [-0.39, 0.29) is 11.3 Å². The molecule has 0 saturated heterocycles. The second-order valence-electron chi connectivity index (χ2n) is 7.72. The number of rotatable bonds is 0. The number of benzene rings is 2. The third-order valence-electron chi connectivity index (χ3n) is 6.47. The third kappa shape index (κ3) is 1.90. The number of hydrogen-bond donors (Lipinski definition) is 1. The van der Waals surface area contributed by atoms with Gasteiger partial charge in [0.25, 0.3) is 0 Å². The Hall–Kier alpha value is -3.00. The Bertz CT molecular complexity index is 1060. The lowest BCUT2D eigenvalue weighted by Gasteiger charge is -2.53. The van der Waals surface area contributed by atoms with Crippen molar-refractivity contribution in [2.24, 2.45) is 5.92 Å². The zero-order valence-electron chi connectivity index (χ0n) is 15.1. The summed E-state index contributed by atoms with van der Waals surface area (Å²) in [5.41, 5.74) is 5.18. The van der Waals surface area contributed by atoms with Crippen molar-refractivity contribution in [2.45, 2.75) is 24.3 Å². The summed E-state index contributed by atoms with van der Waals surface area (Å²) in [4.78, 5) is 0. The van der Waals surface area contributed by atoms with Crippen molar-refractivity contribution in [3.8, 4) is 5.75 Å². The molecule has 0 saturated carbocycles. The number of fused-ring (bicyclic) bond motifs is 8. The van der Waals surface area contributed by atoms with Crippen molar-refractivity contribution < 1.29 is 4.74 Å². The molecule has 0 amide bonds. The zero-order valence-corrected chi connectivity index (χ0v) is 15.1. The predicted molar refractivity (Wildman–Crippen MR) is 109 cm³/mol. The van der Waals surface area contributed by atoms with Gasteiger partial charge in [0, 0.05) is 17.2 Å². The van der Waals surface area contributed by atoms with Crippen LogP contribution in [-0.2, 0) is 5.41 Å². The van der Waals surface area contributed by atoms with Gasteiger partial charge in [-0.05, 0) is 42.2 Å². The first kappa shape index (κ1) is 15.1. The average molecular weight is 351 g/mol. The normalized spacial score (nSPS) is 29.3. The number of nitrogens with one attached hydrogen (secondary N) is 1. The second-order valence-corrected chi connectivity index (χ2v) is 7.72. The number of hydrogen-bond acceptors (Lipinski definition) is 2. The van der Waals surface area contributed by atoms with Gasteiger partial charge in [-0.1, -0.05) is 66.8 Å². The topological polar surface area (TPSA) is 21.3 Å². The standard InChI is InChI=1S/C25H21NO/c1-5-13-21-17(9-1)25(18-10-2-6-14-22(18)26-21)19-11-3-7-15-23(19)27-24-16-8-4-12-20(24)25/h1-11,13,15-16,20,22,26H,12,14H2. The van der Waals surface area contributed by atoms with Gasteiger partial charge in [-0.2, -0.15) is 0 Å². The molecular weight excluding hydrogens is 330 g/mol. The molecule has 2 aliphatic carbocycles. The molecule has 3 atom stereocenters. The van der Waals surface area contributed by atoms with Gasteiger partial charge in [0.05, 0.1) is 11.5 Å². The molecular formula is C25H21NO. The molecule has 1 N–H and O–H groups in total. The minimum Gasteiger partial charge on any atom is -0.461 e. The van der Waals surface area contributed by atoms with Crippen molar-refractivity contribution in [3.05, 3.63) is 107 Å². The molecule has 4 aliphatic rings. The summed E-state index contributed by atoms with van der Waals surface area (Å²) in [6.45, 7) is 0. The Morgan fingerprint density at radius 2 is 1.63 bits per heavy atom. The molecule has 0 radical (unpaired) electrons. The molecule has 2 heteroatoms. The van der Waals surface area contributed by atoms with Crippen LogP contribution in [0, 0.1) is 5.92 Å². The molecule has 0 aromatic heterocycles. The van der Waals surface area contributed by atoms with Gasteiger partial charge in [-0.15, -0.1) is 0 Å². The quantitative estimate of drug-likeness (QED) is 0.676. The highest BCUT2D eigenvalue weighted by Crippen LogP contribution is 2.60. The van der Waals surface area contributed by atoms with E-state index in [0.29, 0.717) is 6.04 Å². The molecule has 6 rings (SSSR count). The largest absolute Gasteiger partial charge is 0.461 e. The number of para-hydroxylation sites is 2. The van der Waals surface area contributed by atoms with E-state index in [1.165, 1.54) is 22.4 Å². The van der Waals surface area contributed by atoms with Crippen molar-refractivity contribution in [3.63, 3.8) is 0 Å². The molecule has 0 fully saturated rings. The van der Waals surface area contributed by atoms with Crippen LogP contribution in [0.25, 0.3) is 0 Å². The van der Waals surface area contributed by atoms with Gasteiger partial charge in [0.2, 0.25) is 0 Å². The maximum Gasteiger partial charge on any atom is 0.131 e. The monoisotopic (exact) mass is 351 g/mol. The molecule has 2 aliphatic heterocycles. The molecule has 0 bridgehead atoms. The summed E-state index contributed by atoms with van der Waals surface area (Å²) in [7, 11) is 0. The van der Waals surface area contributed by atoms with Crippen LogP contribution in [0.1, 0.15) is 24.0 Å². The molecule has 2 nitrogen and oxygen atoms in total. The minimum absolute atomic E-state index is 0.192. The molecule has 132 valence electrons. The summed E-state index contributed by atoms with van der Waals surface area (Å²) in [5, 5.41) is 3.80. The minimum atomic E-state index is -0.192. The van der Waals surface area contributed by atoms with Crippen molar-refractivity contribution in [1.29, 1.82) is 0 Å². The molecule has 1 spiro atoms. The smallest absolute Gasteiger partial charge is 0.131 e. The highest BCUT2D eigenvalue weighted by molar-refractivity contribution is 5.72. The van der Waals surface area contributed by atoms with Crippen molar-refractivity contribution in [2.75, 3.05) is 5.32 Å². The van der Waals surface area contributed by atoms with Crippen LogP contribution in [0.5, 0.6) is 5.75 Å². The molecule has 3 unspecified atom stereocenters. The van der Waals surface area contributed by atoms with E-state index in [1.807, 2.05) is 0 Å². The summed E-state index contributed by atoms with van der Waals surface area (Å²) in [5.74, 6) is 2.35. The SMILES string of the molecule is C1=CCC2Nc3ccccc3C3(C2=C1)c1ccccc1OC1=CC=CCC13. The Labute approximate surface area is 159 Å². The van der Waals surface area contributed by atoms with Crippen molar-refractivity contribution in [1.82, 2.24) is 0 Å². The van der Waals surface area contributed by atoms with Crippen LogP contribution < -0.4 is 10.1 Å². The maximum absolute atomic E-state index is 6.40. The number of allylic oxidation sites excluding steroid dienone is 6. The van der Waals surface area contributed by atoms with Gasteiger partial charge in [-0.3, -0.25) is 0 Å². The van der Waals surface area contributed by atoms with Crippen LogP contribution in [0.2, 0.25) is 0 Å². The Morgan fingerprint density at radius 3 is 2.59 bits per heavy atom. The fourth-order valence-electron chi connectivity index (χ4n) is 5.46. The summed E-state index contributed by atoms with van der Waals surface area (Å²) < 4.78 is 6.40. The Kier molecular flexibility index (Phi) is 3.07. The Morgan fingerprint density at radius 1 is 0.852 bits per heavy atom. The first-order valence-corrected chi connectivity index (χ1v) is 9.76. The highest BCUT2D eigenvalue weighted by atomic mass is 16.5. The Balaban J connectivity index is 1.76. The first-order valence-electron chi connectivity index (χ1n) is 9.76. The number of anilines is 1. The van der Waals surface area contributed by atoms with E-state index in [9.17, 15) is 0 Å². The van der Waals surface area contributed by atoms with Crippen LogP contribution in [0.4, 0.5) is 5.69 Å². The molecule has 2 aromatic carbocycles. The van der Waals surface area contributed by atoms with Crippen molar-refractivity contribution >= 4 is 5.69 Å². The number of ether oxygens (including phenoxy) is 1. The lowest BCUT2D eigenvalue weighted by molar-refractivity contribution is 0.240. The lowest BCUT2D eigenvalue weighted by Crippen LogP contribution is -2.51. The fourth-order valence-corrected chi connectivity index (χ4v) is 5.46. The molecule has 2 aromatic rings. The summed E-state index contributed by atoms with van der Waals surface area (Å²) in [6.07, 6.45) is 15.4. The van der Waals surface area contributed by atoms with Crippen LogP contribution in [-0.4, -0.2) is 6.04 Å². The predicted octanol–water partition coefficient (Wildman–Crippen LogP) is 5.51. The van der Waals surface area contributed by atoms with Crippen LogP contribution in [0.15, 0.2) is 96.3 Å². The molecule has 2 heterocycles. The highest BCUT2D eigenvalue weighted by Gasteiger charge is 2.55. The van der Waals surface area contributed by atoms with E-state index in [0.717, 1.165) is 24.4 Å². The zero-order chi connectivity index (χ0) is 17.8. The molecule has 27 heavy (non-hydrogen) atoms. The van der Waals surface area contributed by atoms with E-state index < -0.39 is 0 Å². The lowest BCUT2D eigenvalue weighted by atomic mass is 9.54. The van der Waals surface area contributed by atoms with E-state index >= 15 is 0 Å². The average Bonchev–Trinajstić information content (AvgIpc) is 2.73. The van der Waals surface area contributed by atoms with Gasteiger partial charge in [0.15, 0.2) is 0 Å². The van der Waals surface area contributed by atoms with Gasteiger partial charge < -0.3 is 10.1 Å². The first-order chi connectivity index (χ1) is 13.4. The maximum atomic E-state index is 6.40. The van der Waals surface area contributed by atoms with Gasteiger partial charge in [-0.25, -0.2) is 0 Å². The van der Waals surface area contributed by atoms with Crippen LogP contribution in [0.3, 0.4) is 0 Å². The fraction of sp³-hybridized carbons (Fsp3) is 0.200. The van der Waals surface area contributed by atoms with Crippen LogP contribution >= 0.6 is 0 Å². The summed E-state index contributed by atoms with van der Waals surface area (Å²) in [6, 6.07) is 17.8. The third-order valence-corrected chi connectivity index (χ3v) is 6.47. The van der Waals surface area contributed by atoms with Gasteiger partial charge >= 0.3 is 0 Å². The van der Waals surface area contributed by atoms with E-state index in [1.54, 1.807) is 0 Å². The van der Waals surface area contributed by atoms with E-state index in [4.69, 9.17) is 4.74 Å². The van der Waals surface area contributed by atoms with E-state index in [2.05, 4.69) is 90.3 Å². The van der Waals surface area contributed by atoms with Gasteiger partial charge in [0.1, 0.15) is 11.5 Å².